The van der Waals surface area contributed by atoms with Crippen LogP contribution < -0.4 is 11.5 Å². The molecule has 49 heavy (non-hydrogen) atoms. The molecule has 0 aliphatic rings. The van der Waals surface area contributed by atoms with Gasteiger partial charge in [0.05, 0.1) is 0 Å². The lowest BCUT2D eigenvalue weighted by molar-refractivity contribution is 0.568. The summed E-state index contributed by atoms with van der Waals surface area (Å²) in [4.78, 5) is 0. The molecule has 0 radical (unpaired) electrons. The van der Waals surface area contributed by atoms with Gasteiger partial charge in [0.2, 0.25) is 0 Å². The molecule has 0 aromatic heterocycles. The van der Waals surface area contributed by atoms with Crippen LogP contribution in [0.1, 0.15) is 168 Å². The van der Waals surface area contributed by atoms with Gasteiger partial charge < -0.3 is 11.5 Å². The molecule has 0 amide bonds. The summed E-state index contributed by atoms with van der Waals surface area (Å²) in [6, 6.07) is 36.2. The molecule has 0 aliphatic carbocycles. The molecule has 2 unspecified atom stereocenters. The van der Waals surface area contributed by atoms with Gasteiger partial charge in [0.1, 0.15) is 0 Å². The Bertz CT molecular complexity index is 1290. The van der Waals surface area contributed by atoms with Crippen molar-refractivity contribution in [2.75, 3.05) is 11.5 Å². The number of unbranched alkanes of at least 4 members (excludes halogenated alkanes) is 12. The summed E-state index contributed by atoms with van der Waals surface area (Å²) in [5.41, 5.74) is 22.3. The van der Waals surface area contributed by atoms with Crippen molar-refractivity contribution in [3.8, 4) is 0 Å². The van der Waals surface area contributed by atoms with Crippen molar-refractivity contribution in [1.82, 2.24) is 0 Å². The molecule has 0 heterocycles. The molecule has 0 saturated carbocycles. The lowest BCUT2D eigenvalue weighted by Gasteiger charge is -2.19. The first kappa shape index (κ1) is 38.3. The van der Waals surface area contributed by atoms with Crippen LogP contribution in [0, 0.1) is 0 Å². The van der Waals surface area contributed by atoms with Crippen LogP contribution in [-0.2, 0) is 12.8 Å². The lowest BCUT2D eigenvalue weighted by atomic mass is 9.86. The minimum absolute atomic E-state index is 0.449. The highest BCUT2D eigenvalue weighted by atomic mass is 14.5. The SMILES string of the molecule is CCCCCCCCC(c1ccc(N)cc1)c1ccc(CCCCCc2ccc(C(CCCCCCCC)c3ccc(N)cc3)cc2)cc1. The average Bonchev–Trinajstić information content (AvgIpc) is 3.13. The summed E-state index contributed by atoms with van der Waals surface area (Å²) >= 11 is 0. The van der Waals surface area contributed by atoms with Crippen LogP contribution >= 0.6 is 0 Å². The van der Waals surface area contributed by atoms with Gasteiger partial charge in [0.25, 0.3) is 0 Å². The van der Waals surface area contributed by atoms with Crippen molar-refractivity contribution < 1.29 is 0 Å². The van der Waals surface area contributed by atoms with Crippen molar-refractivity contribution in [1.29, 1.82) is 0 Å². The largest absolute Gasteiger partial charge is 0.399 e. The first-order chi connectivity index (χ1) is 24.1. The minimum atomic E-state index is 0.449. The van der Waals surface area contributed by atoms with Crippen LogP contribution in [0.3, 0.4) is 0 Å². The fourth-order valence-electron chi connectivity index (χ4n) is 7.43. The van der Waals surface area contributed by atoms with Gasteiger partial charge in [-0.3, -0.25) is 0 Å². The van der Waals surface area contributed by atoms with Crippen LogP contribution in [0.15, 0.2) is 97.1 Å². The molecule has 4 N–H and O–H groups in total. The van der Waals surface area contributed by atoms with Crippen LogP contribution in [-0.4, -0.2) is 0 Å². The molecule has 0 saturated heterocycles. The molecule has 0 spiro atoms. The highest BCUT2D eigenvalue weighted by Crippen LogP contribution is 2.33. The van der Waals surface area contributed by atoms with E-state index in [0.717, 1.165) is 24.2 Å². The van der Waals surface area contributed by atoms with Crippen molar-refractivity contribution in [3.63, 3.8) is 0 Å². The molecule has 2 atom stereocenters. The normalized spacial score (nSPS) is 12.6. The molecule has 0 aliphatic heterocycles. The predicted molar refractivity (Wildman–Crippen MR) is 216 cm³/mol. The number of nitrogen functional groups attached to an aromatic ring is 2. The summed E-state index contributed by atoms with van der Waals surface area (Å²) in [5, 5.41) is 0. The Morgan fingerprint density at radius 3 is 0.980 bits per heavy atom. The van der Waals surface area contributed by atoms with Crippen molar-refractivity contribution in [3.05, 3.63) is 130 Å². The molecule has 4 aromatic carbocycles. The number of anilines is 2. The fourth-order valence-corrected chi connectivity index (χ4v) is 7.43. The van der Waals surface area contributed by atoms with Crippen LogP contribution in [0.2, 0.25) is 0 Å². The summed E-state index contributed by atoms with van der Waals surface area (Å²) in [7, 11) is 0. The van der Waals surface area contributed by atoms with Crippen molar-refractivity contribution >= 4 is 11.4 Å². The highest BCUT2D eigenvalue weighted by molar-refractivity contribution is 5.44. The highest BCUT2D eigenvalue weighted by Gasteiger charge is 2.16. The number of rotatable bonds is 24. The zero-order valence-electron chi connectivity index (χ0n) is 31.0. The Morgan fingerprint density at radius 1 is 0.347 bits per heavy atom. The monoisotopic (exact) mass is 659 g/mol. The maximum absolute atomic E-state index is 6.02. The maximum Gasteiger partial charge on any atom is 0.0314 e. The van der Waals surface area contributed by atoms with Gasteiger partial charge in [0.15, 0.2) is 0 Å². The molecule has 4 rings (SSSR count). The van der Waals surface area contributed by atoms with Gasteiger partial charge in [0, 0.05) is 23.2 Å². The van der Waals surface area contributed by atoms with Gasteiger partial charge in [-0.05, 0) is 96.2 Å². The summed E-state index contributed by atoms with van der Waals surface area (Å²) < 4.78 is 0. The molecule has 0 fully saturated rings. The lowest BCUT2D eigenvalue weighted by Crippen LogP contribution is -2.03. The van der Waals surface area contributed by atoms with E-state index in [2.05, 4.69) is 111 Å². The van der Waals surface area contributed by atoms with E-state index < -0.39 is 0 Å². The van der Waals surface area contributed by atoms with E-state index in [1.807, 2.05) is 0 Å². The molecule has 264 valence electrons. The first-order valence-electron chi connectivity index (χ1n) is 20.0. The number of benzene rings is 4. The van der Waals surface area contributed by atoms with E-state index in [1.165, 1.54) is 143 Å². The molecule has 2 nitrogen and oxygen atoms in total. The van der Waals surface area contributed by atoms with Gasteiger partial charge in [-0.2, -0.15) is 0 Å². The van der Waals surface area contributed by atoms with Crippen molar-refractivity contribution in [2.45, 2.75) is 148 Å². The Balaban J connectivity index is 1.23. The summed E-state index contributed by atoms with van der Waals surface area (Å²) in [6.07, 6.45) is 24.5. The van der Waals surface area contributed by atoms with E-state index in [0.29, 0.717) is 11.8 Å². The standard InChI is InChI=1S/C47H66N2/c1-3-5-7-9-11-16-20-46(42-30-34-44(48)35-31-42)40-26-22-38(23-27-40)18-14-13-15-19-39-24-28-41(29-25-39)47(21-17-12-10-8-6-4-2)43-32-36-45(49)37-33-43/h22-37,46-47H,3-21,48-49H2,1-2H3. The Morgan fingerprint density at radius 2 is 0.633 bits per heavy atom. The predicted octanol–water partition coefficient (Wildman–Crippen LogP) is 13.6. The zero-order valence-corrected chi connectivity index (χ0v) is 31.0. The van der Waals surface area contributed by atoms with E-state index in [1.54, 1.807) is 0 Å². The Labute approximate surface area is 300 Å². The van der Waals surface area contributed by atoms with Gasteiger partial charge >= 0.3 is 0 Å². The van der Waals surface area contributed by atoms with E-state index >= 15 is 0 Å². The number of aryl methyl sites for hydroxylation is 2. The molecular weight excluding hydrogens is 593 g/mol. The topological polar surface area (TPSA) is 52.0 Å². The second-order valence-corrected chi connectivity index (χ2v) is 14.6. The average molecular weight is 659 g/mol. The smallest absolute Gasteiger partial charge is 0.0314 e. The Kier molecular flexibility index (Phi) is 17.4. The maximum atomic E-state index is 6.02. The zero-order chi connectivity index (χ0) is 34.5. The third-order valence-corrected chi connectivity index (χ3v) is 10.6. The summed E-state index contributed by atoms with van der Waals surface area (Å²) in [6.45, 7) is 4.58. The van der Waals surface area contributed by atoms with Gasteiger partial charge in [-0.25, -0.2) is 0 Å². The third kappa shape index (κ3) is 13.7. The molecule has 2 heteroatoms. The Hall–Kier alpha value is -3.52. The fraction of sp³-hybridized carbons (Fsp3) is 0.489. The second-order valence-electron chi connectivity index (χ2n) is 14.6. The minimum Gasteiger partial charge on any atom is -0.399 e. The van der Waals surface area contributed by atoms with Gasteiger partial charge in [-0.15, -0.1) is 0 Å². The van der Waals surface area contributed by atoms with E-state index in [9.17, 15) is 0 Å². The van der Waals surface area contributed by atoms with Gasteiger partial charge in [-0.1, -0.05) is 170 Å². The third-order valence-electron chi connectivity index (χ3n) is 10.6. The van der Waals surface area contributed by atoms with Crippen molar-refractivity contribution in [2.24, 2.45) is 0 Å². The second kappa shape index (κ2) is 22.2. The number of hydrogen-bond acceptors (Lipinski definition) is 2. The number of hydrogen-bond donors (Lipinski definition) is 2. The molecule has 4 aromatic rings. The van der Waals surface area contributed by atoms with Crippen LogP contribution in [0.25, 0.3) is 0 Å². The van der Waals surface area contributed by atoms with E-state index in [4.69, 9.17) is 11.5 Å². The summed E-state index contributed by atoms with van der Waals surface area (Å²) in [5.74, 6) is 0.897. The molecule has 0 bridgehead atoms. The van der Waals surface area contributed by atoms with Crippen LogP contribution in [0.5, 0.6) is 0 Å². The van der Waals surface area contributed by atoms with E-state index in [-0.39, 0.29) is 0 Å². The first-order valence-corrected chi connectivity index (χ1v) is 20.0. The number of nitrogens with two attached hydrogens (primary N) is 2. The van der Waals surface area contributed by atoms with Crippen LogP contribution in [0.4, 0.5) is 11.4 Å². The molecular formula is C47H66N2. The quantitative estimate of drug-likeness (QED) is 0.0581.